The summed E-state index contributed by atoms with van der Waals surface area (Å²) in [6.07, 6.45) is 2.12. The molecule has 0 atom stereocenters. The Morgan fingerprint density at radius 2 is 1.68 bits per heavy atom. The van der Waals surface area contributed by atoms with E-state index >= 15 is 0 Å². The third-order valence-electron chi connectivity index (χ3n) is 4.72. The van der Waals surface area contributed by atoms with Crippen molar-refractivity contribution >= 4 is 27.2 Å². The van der Waals surface area contributed by atoms with E-state index in [1.165, 1.54) is 12.1 Å². The van der Waals surface area contributed by atoms with Gasteiger partial charge in [-0.1, -0.05) is 43.7 Å². The second kappa shape index (κ2) is 11.3. The number of carbonyl (C=O) groups is 1. The van der Waals surface area contributed by atoms with Gasteiger partial charge in [0.15, 0.2) is 9.84 Å². The molecule has 0 spiro atoms. The molecule has 178 valence electrons. The third-order valence-corrected chi connectivity index (χ3v) is 5.85. The van der Waals surface area contributed by atoms with E-state index in [0.717, 1.165) is 11.8 Å². The predicted molar refractivity (Wildman–Crippen MR) is 130 cm³/mol. The number of nitrogens with zero attached hydrogens (tertiary/aromatic N) is 1. The SMILES string of the molecule is CCCC(=NNc1ccc(Oc2ccc(S(C)(=O)=O)cc2)cc1OCc1ccccc1)C(=O)O. The van der Waals surface area contributed by atoms with Crippen LogP contribution in [-0.4, -0.2) is 31.5 Å². The van der Waals surface area contributed by atoms with E-state index in [0.29, 0.717) is 35.8 Å². The number of hydrogen-bond donors (Lipinski definition) is 2. The van der Waals surface area contributed by atoms with Crippen LogP contribution < -0.4 is 14.9 Å². The van der Waals surface area contributed by atoms with Crippen LogP contribution in [0.3, 0.4) is 0 Å². The number of carboxylic acids is 1. The molecule has 0 aromatic heterocycles. The Morgan fingerprint density at radius 3 is 2.29 bits per heavy atom. The third kappa shape index (κ3) is 7.08. The highest BCUT2D eigenvalue weighted by Gasteiger charge is 2.12. The molecule has 0 saturated carbocycles. The first kappa shape index (κ1) is 24.8. The lowest BCUT2D eigenvalue weighted by molar-refractivity contribution is -0.129. The zero-order valence-electron chi connectivity index (χ0n) is 18.9. The molecule has 3 aromatic carbocycles. The van der Waals surface area contributed by atoms with Gasteiger partial charge in [0.2, 0.25) is 0 Å². The van der Waals surface area contributed by atoms with Gasteiger partial charge in [-0.3, -0.25) is 5.43 Å². The Labute approximate surface area is 198 Å². The summed E-state index contributed by atoms with van der Waals surface area (Å²) in [4.78, 5) is 11.6. The number of anilines is 1. The lowest BCUT2D eigenvalue weighted by Gasteiger charge is -2.14. The van der Waals surface area contributed by atoms with Crippen molar-refractivity contribution in [1.29, 1.82) is 0 Å². The van der Waals surface area contributed by atoms with Gasteiger partial charge in [0.05, 0.1) is 10.6 Å². The van der Waals surface area contributed by atoms with Gasteiger partial charge in [-0.25, -0.2) is 13.2 Å². The highest BCUT2D eigenvalue weighted by Crippen LogP contribution is 2.33. The van der Waals surface area contributed by atoms with E-state index in [1.54, 1.807) is 30.3 Å². The lowest BCUT2D eigenvalue weighted by Crippen LogP contribution is -2.14. The molecule has 34 heavy (non-hydrogen) atoms. The zero-order chi connectivity index (χ0) is 24.6. The average molecular weight is 483 g/mol. The molecule has 0 amide bonds. The van der Waals surface area contributed by atoms with Crippen LogP contribution in [0, 0.1) is 0 Å². The number of hydrogen-bond acceptors (Lipinski definition) is 7. The number of aliphatic carboxylic acids is 1. The standard InChI is InChI=1S/C25H26N2O6S/c1-3-7-23(25(28)29)27-26-22-15-12-20(16-24(22)32-17-18-8-5-4-6-9-18)33-19-10-13-21(14-11-19)34(2,30)31/h4-6,8-16,26H,3,7,17H2,1-2H3,(H,28,29). The van der Waals surface area contributed by atoms with E-state index in [4.69, 9.17) is 9.47 Å². The van der Waals surface area contributed by atoms with Crippen LogP contribution in [0.2, 0.25) is 0 Å². The highest BCUT2D eigenvalue weighted by molar-refractivity contribution is 7.90. The molecule has 0 aliphatic heterocycles. The summed E-state index contributed by atoms with van der Waals surface area (Å²) in [7, 11) is -3.30. The predicted octanol–water partition coefficient (Wildman–Crippen LogP) is 5.11. The summed E-state index contributed by atoms with van der Waals surface area (Å²) in [5, 5.41) is 13.4. The van der Waals surface area contributed by atoms with Crippen LogP contribution >= 0.6 is 0 Å². The molecule has 0 radical (unpaired) electrons. The minimum absolute atomic E-state index is 0.0165. The molecule has 0 heterocycles. The van der Waals surface area contributed by atoms with Crippen molar-refractivity contribution in [3.05, 3.63) is 78.4 Å². The minimum Gasteiger partial charge on any atom is -0.487 e. The van der Waals surface area contributed by atoms with Crippen LogP contribution in [0.1, 0.15) is 25.3 Å². The van der Waals surface area contributed by atoms with Gasteiger partial charge < -0.3 is 14.6 Å². The monoisotopic (exact) mass is 482 g/mol. The molecule has 0 aliphatic rings. The van der Waals surface area contributed by atoms with Gasteiger partial charge >= 0.3 is 5.97 Å². The Balaban J connectivity index is 1.85. The fourth-order valence-electron chi connectivity index (χ4n) is 2.98. The molecule has 3 rings (SSSR count). The second-order valence-corrected chi connectivity index (χ2v) is 9.52. The Morgan fingerprint density at radius 1 is 1.00 bits per heavy atom. The summed E-state index contributed by atoms with van der Waals surface area (Å²) in [6.45, 7) is 2.16. The molecular formula is C25H26N2O6S. The molecule has 0 saturated heterocycles. The summed E-state index contributed by atoms with van der Waals surface area (Å²) < 4.78 is 35.2. The molecule has 8 nitrogen and oxygen atoms in total. The molecule has 3 aromatic rings. The largest absolute Gasteiger partial charge is 0.487 e. The zero-order valence-corrected chi connectivity index (χ0v) is 19.7. The first-order chi connectivity index (χ1) is 16.3. The van der Waals surface area contributed by atoms with Crippen LogP contribution in [0.5, 0.6) is 17.2 Å². The Hall–Kier alpha value is -3.85. The Bertz CT molecular complexity index is 1260. The molecule has 9 heteroatoms. The number of rotatable bonds is 11. The molecule has 0 aliphatic carbocycles. The van der Waals surface area contributed by atoms with Crippen molar-refractivity contribution in [3.8, 4) is 17.2 Å². The van der Waals surface area contributed by atoms with Crippen LogP contribution in [0.15, 0.2) is 82.8 Å². The van der Waals surface area contributed by atoms with E-state index < -0.39 is 15.8 Å². The summed E-state index contributed by atoms with van der Waals surface area (Å²) in [6, 6.07) is 20.7. The van der Waals surface area contributed by atoms with Crippen LogP contribution in [0.4, 0.5) is 5.69 Å². The summed E-state index contributed by atoms with van der Waals surface area (Å²) >= 11 is 0. The number of carboxylic acid groups (broad SMARTS) is 1. The van der Waals surface area contributed by atoms with Gasteiger partial charge in [-0.2, -0.15) is 5.10 Å². The number of sulfone groups is 1. The number of ether oxygens (including phenoxy) is 2. The smallest absolute Gasteiger partial charge is 0.352 e. The molecular weight excluding hydrogens is 456 g/mol. The number of nitrogens with one attached hydrogen (secondary N) is 1. The van der Waals surface area contributed by atoms with Crippen molar-refractivity contribution in [2.75, 3.05) is 11.7 Å². The molecule has 0 fully saturated rings. The van der Waals surface area contributed by atoms with E-state index in [1.807, 2.05) is 37.3 Å². The van der Waals surface area contributed by atoms with Crippen molar-refractivity contribution in [2.45, 2.75) is 31.3 Å². The van der Waals surface area contributed by atoms with Gasteiger partial charge in [0, 0.05) is 12.3 Å². The number of benzene rings is 3. The van der Waals surface area contributed by atoms with Crippen molar-refractivity contribution in [2.24, 2.45) is 5.10 Å². The lowest BCUT2D eigenvalue weighted by atomic mass is 10.2. The van der Waals surface area contributed by atoms with Gasteiger partial charge in [0.25, 0.3) is 0 Å². The Kier molecular flexibility index (Phi) is 8.26. The van der Waals surface area contributed by atoms with Crippen molar-refractivity contribution in [1.82, 2.24) is 0 Å². The van der Waals surface area contributed by atoms with E-state index in [-0.39, 0.29) is 17.2 Å². The van der Waals surface area contributed by atoms with Crippen LogP contribution in [-0.2, 0) is 21.2 Å². The number of hydrazone groups is 1. The molecule has 0 unspecified atom stereocenters. The molecule has 2 N–H and O–H groups in total. The minimum atomic E-state index is -3.30. The topological polar surface area (TPSA) is 114 Å². The molecule has 0 bridgehead atoms. The quantitative estimate of drug-likeness (QED) is 0.288. The van der Waals surface area contributed by atoms with Crippen molar-refractivity contribution < 1.29 is 27.8 Å². The van der Waals surface area contributed by atoms with Gasteiger partial charge in [-0.05, 0) is 48.4 Å². The maximum Gasteiger partial charge on any atom is 0.352 e. The second-order valence-electron chi connectivity index (χ2n) is 7.50. The maximum atomic E-state index is 11.7. The first-order valence-corrected chi connectivity index (χ1v) is 12.5. The fraction of sp³-hybridized carbons (Fsp3) is 0.200. The maximum absolute atomic E-state index is 11.7. The fourth-order valence-corrected chi connectivity index (χ4v) is 3.61. The van der Waals surface area contributed by atoms with E-state index in [9.17, 15) is 18.3 Å². The first-order valence-electron chi connectivity index (χ1n) is 10.6. The van der Waals surface area contributed by atoms with Crippen molar-refractivity contribution in [3.63, 3.8) is 0 Å². The van der Waals surface area contributed by atoms with Crippen LogP contribution in [0.25, 0.3) is 0 Å². The summed E-state index contributed by atoms with van der Waals surface area (Å²) in [5.41, 5.74) is 4.24. The highest BCUT2D eigenvalue weighted by atomic mass is 32.2. The van der Waals surface area contributed by atoms with Gasteiger partial charge in [-0.15, -0.1) is 0 Å². The average Bonchev–Trinajstić information content (AvgIpc) is 2.81. The van der Waals surface area contributed by atoms with E-state index in [2.05, 4.69) is 10.5 Å². The normalized spacial score (nSPS) is 11.6. The summed E-state index contributed by atoms with van der Waals surface area (Å²) in [5.74, 6) is 0.241. The van der Waals surface area contributed by atoms with Gasteiger partial charge in [0.1, 0.15) is 29.6 Å².